The van der Waals surface area contributed by atoms with E-state index in [1.165, 1.54) is 5.56 Å². The Morgan fingerprint density at radius 1 is 1.44 bits per heavy atom. The second-order valence-electron chi connectivity index (χ2n) is 3.84. The molecule has 0 aliphatic heterocycles. The number of nitrogens with zero attached hydrogens (tertiary/aromatic N) is 1. The lowest BCUT2D eigenvalue weighted by Gasteiger charge is -2.09. The monoisotopic (exact) mass is 263 g/mol. The lowest BCUT2D eigenvalue weighted by atomic mass is 10.1. The molecule has 0 radical (unpaired) electrons. The molecule has 0 bridgehead atoms. The number of nitrogens with two attached hydrogens (primary N) is 1. The molecule has 1 aromatic carbocycles. The molecule has 18 heavy (non-hydrogen) atoms. The molecule has 1 aromatic heterocycles. The summed E-state index contributed by atoms with van der Waals surface area (Å²) in [6.07, 6.45) is 2.74. The summed E-state index contributed by atoms with van der Waals surface area (Å²) in [7, 11) is 1.69. The molecule has 0 spiro atoms. The molecule has 0 aliphatic carbocycles. The van der Waals surface area contributed by atoms with Crippen LogP contribution in [0.3, 0.4) is 0 Å². The number of anilines is 2. The van der Waals surface area contributed by atoms with Gasteiger partial charge in [-0.1, -0.05) is 6.92 Å². The summed E-state index contributed by atoms with van der Waals surface area (Å²) in [5, 5.41) is 4.14. The van der Waals surface area contributed by atoms with E-state index in [1.54, 1.807) is 24.6 Å². The van der Waals surface area contributed by atoms with Crippen molar-refractivity contribution >= 4 is 22.2 Å². The van der Waals surface area contributed by atoms with Crippen LogP contribution in [0.1, 0.15) is 17.4 Å². The SMILES string of the molecule is CCc1cc(Nc2ncc(CN)s2)ccc1OC. The smallest absolute Gasteiger partial charge is 0.187 e. The van der Waals surface area contributed by atoms with Gasteiger partial charge in [-0.05, 0) is 30.2 Å². The van der Waals surface area contributed by atoms with Crippen molar-refractivity contribution in [1.29, 1.82) is 0 Å². The molecule has 5 heteroatoms. The van der Waals surface area contributed by atoms with Crippen LogP contribution in [0.15, 0.2) is 24.4 Å². The average molecular weight is 263 g/mol. The number of ether oxygens (including phenoxy) is 1. The van der Waals surface area contributed by atoms with Crippen LogP contribution in [0, 0.1) is 0 Å². The first kappa shape index (κ1) is 12.9. The van der Waals surface area contributed by atoms with Crippen molar-refractivity contribution in [2.45, 2.75) is 19.9 Å². The Balaban J connectivity index is 2.18. The van der Waals surface area contributed by atoms with E-state index in [9.17, 15) is 0 Å². The van der Waals surface area contributed by atoms with E-state index in [4.69, 9.17) is 10.5 Å². The van der Waals surface area contributed by atoms with Crippen LogP contribution < -0.4 is 15.8 Å². The zero-order chi connectivity index (χ0) is 13.0. The maximum Gasteiger partial charge on any atom is 0.187 e. The van der Waals surface area contributed by atoms with Crippen LogP contribution in [0.5, 0.6) is 5.75 Å². The van der Waals surface area contributed by atoms with Crippen molar-refractivity contribution in [2.24, 2.45) is 5.73 Å². The molecular weight excluding hydrogens is 246 g/mol. The van der Waals surface area contributed by atoms with Crippen molar-refractivity contribution in [2.75, 3.05) is 12.4 Å². The van der Waals surface area contributed by atoms with Crippen LogP contribution in [-0.4, -0.2) is 12.1 Å². The fourth-order valence-electron chi connectivity index (χ4n) is 1.72. The van der Waals surface area contributed by atoms with Crippen molar-refractivity contribution in [3.63, 3.8) is 0 Å². The number of methoxy groups -OCH3 is 1. The molecule has 3 N–H and O–H groups in total. The van der Waals surface area contributed by atoms with Crippen LogP contribution in [-0.2, 0) is 13.0 Å². The molecule has 0 aliphatic rings. The molecule has 0 fully saturated rings. The summed E-state index contributed by atoms with van der Waals surface area (Å²) >= 11 is 1.57. The highest BCUT2D eigenvalue weighted by Gasteiger charge is 2.05. The third kappa shape index (κ3) is 2.80. The first-order valence-corrected chi connectivity index (χ1v) is 6.67. The normalized spacial score (nSPS) is 10.4. The Morgan fingerprint density at radius 2 is 2.28 bits per heavy atom. The first-order valence-electron chi connectivity index (χ1n) is 5.85. The molecule has 2 aromatic rings. The highest BCUT2D eigenvalue weighted by Crippen LogP contribution is 2.27. The van der Waals surface area contributed by atoms with Gasteiger partial charge < -0.3 is 15.8 Å². The molecule has 0 unspecified atom stereocenters. The highest BCUT2D eigenvalue weighted by atomic mass is 32.1. The number of thiazole rings is 1. The number of aromatic nitrogens is 1. The van der Waals surface area contributed by atoms with Gasteiger partial charge in [0.1, 0.15) is 5.75 Å². The van der Waals surface area contributed by atoms with Gasteiger partial charge in [-0.25, -0.2) is 4.98 Å². The Kier molecular flexibility index (Phi) is 4.17. The minimum absolute atomic E-state index is 0.530. The minimum Gasteiger partial charge on any atom is -0.496 e. The predicted octanol–water partition coefficient (Wildman–Crippen LogP) is 2.92. The largest absolute Gasteiger partial charge is 0.496 e. The van der Waals surface area contributed by atoms with Gasteiger partial charge in [0, 0.05) is 23.3 Å². The number of rotatable bonds is 5. The Hall–Kier alpha value is -1.59. The van der Waals surface area contributed by atoms with E-state index >= 15 is 0 Å². The molecule has 96 valence electrons. The van der Waals surface area contributed by atoms with E-state index < -0.39 is 0 Å². The highest BCUT2D eigenvalue weighted by molar-refractivity contribution is 7.15. The quantitative estimate of drug-likeness (QED) is 0.870. The summed E-state index contributed by atoms with van der Waals surface area (Å²) in [5.74, 6) is 0.921. The maximum atomic E-state index is 5.57. The lowest BCUT2D eigenvalue weighted by Crippen LogP contribution is -1.94. The van der Waals surface area contributed by atoms with Crippen molar-refractivity contribution in [3.8, 4) is 5.75 Å². The molecule has 2 rings (SSSR count). The summed E-state index contributed by atoms with van der Waals surface area (Å²) in [6, 6.07) is 6.04. The van der Waals surface area contributed by atoms with E-state index in [0.717, 1.165) is 27.9 Å². The third-order valence-electron chi connectivity index (χ3n) is 2.67. The van der Waals surface area contributed by atoms with Gasteiger partial charge >= 0.3 is 0 Å². The first-order chi connectivity index (χ1) is 8.76. The molecular formula is C13H17N3OS. The van der Waals surface area contributed by atoms with Gasteiger partial charge in [0.2, 0.25) is 0 Å². The number of aryl methyl sites for hydroxylation is 1. The Labute approximate surface area is 111 Å². The average Bonchev–Trinajstić information content (AvgIpc) is 2.86. The fraction of sp³-hybridized carbons (Fsp3) is 0.308. The summed E-state index contributed by atoms with van der Waals surface area (Å²) in [5.41, 5.74) is 7.76. The molecule has 0 saturated heterocycles. The molecule has 0 amide bonds. The molecule has 0 saturated carbocycles. The van der Waals surface area contributed by atoms with Crippen molar-refractivity contribution in [3.05, 3.63) is 34.8 Å². The number of hydrogen-bond acceptors (Lipinski definition) is 5. The standard InChI is InChI=1S/C13H17N3OS/c1-3-9-6-10(4-5-12(9)17-2)16-13-15-8-11(7-14)18-13/h4-6,8H,3,7,14H2,1-2H3,(H,15,16). The van der Waals surface area contributed by atoms with E-state index in [1.807, 2.05) is 12.1 Å². The number of benzene rings is 1. The van der Waals surface area contributed by atoms with Crippen LogP contribution >= 0.6 is 11.3 Å². The summed E-state index contributed by atoms with van der Waals surface area (Å²) < 4.78 is 5.31. The third-order valence-corrected chi connectivity index (χ3v) is 3.60. The van der Waals surface area contributed by atoms with Gasteiger partial charge in [-0.2, -0.15) is 0 Å². The maximum absolute atomic E-state index is 5.57. The zero-order valence-corrected chi connectivity index (χ0v) is 11.4. The van der Waals surface area contributed by atoms with Gasteiger partial charge in [0.15, 0.2) is 5.13 Å². The fourth-order valence-corrected chi connectivity index (χ4v) is 2.43. The zero-order valence-electron chi connectivity index (χ0n) is 10.6. The van der Waals surface area contributed by atoms with Crippen molar-refractivity contribution in [1.82, 2.24) is 4.98 Å². The van der Waals surface area contributed by atoms with Crippen LogP contribution in [0.25, 0.3) is 0 Å². The van der Waals surface area contributed by atoms with Gasteiger partial charge in [-0.15, -0.1) is 11.3 Å². The summed E-state index contributed by atoms with van der Waals surface area (Å²) in [6.45, 7) is 2.64. The molecule has 1 heterocycles. The number of hydrogen-bond donors (Lipinski definition) is 2. The molecule has 0 atom stereocenters. The topological polar surface area (TPSA) is 60.2 Å². The lowest BCUT2D eigenvalue weighted by molar-refractivity contribution is 0.410. The second-order valence-corrected chi connectivity index (χ2v) is 4.96. The second kappa shape index (κ2) is 5.84. The Morgan fingerprint density at radius 3 is 2.89 bits per heavy atom. The Bertz CT molecular complexity index is 525. The van der Waals surface area contributed by atoms with Gasteiger partial charge in [0.05, 0.1) is 7.11 Å². The van der Waals surface area contributed by atoms with Gasteiger partial charge in [-0.3, -0.25) is 0 Å². The van der Waals surface area contributed by atoms with E-state index in [2.05, 4.69) is 23.3 Å². The number of nitrogens with one attached hydrogen (secondary N) is 1. The molecule has 4 nitrogen and oxygen atoms in total. The van der Waals surface area contributed by atoms with E-state index in [0.29, 0.717) is 6.54 Å². The predicted molar refractivity (Wildman–Crippen MR) is 75.7 cm³/mol. The van der Waals surface area contributed by atoms with Crippen LogP contribution in [0.4, 0.5) is 10.8 Å². The van der Waals surface area contributed by atoms with Gasteiger partial charge in [0.25, 0.3) is 0 Å². The minimum atomic E-state index is 0.530. The van der Waals surface area contributed by atoms with Crippen LogP contribution in [0.2, 0.25) is 0 Å². The van der Waals surface area contributed by atoms with E-state index in [-0.39, 0.29) is 0 Å². The summed E-state index contributed by atoms with van der Waals surface area (Å²) in [4.78, 5) is 5.35. The van der Waals surface area contributed by atoms with Crippen molar-refractivity contribution < 1.29 is 4.74 Å².